The summed E-state index contributed by atoms with van der Waals surface area (Å²) in [6.45, 7) is 1.66. The summed E-state index contributed by atoms with van der Waals surface area (Å²) in [6, 6.07) is 8.76. The summed E-state index contributed by atoms with van der Waals surface area (Å²) < 4.78 is 41.3. The van der Waals surface area contributed by atoms with Gasteiger partial charge in [-0.1, -0.05) is 29.3 Å². The molecule has 0 bridgehead atoms. The fourth-order valence-corrected chi connectivity index (χ4v) is 3.22. The molecular formula is C17H12Cl2F3NO2. The van der Waals surface area contributed by atoms with Gasteiger partial charge in [0.15, 0.2) is 0 Å². The summed E-state index contributed by atoms with van der Waals surface area (Å²) in [5.41, 5.74) is 0.576. The Labute approximate surface area is 151 Å². The van der Waals surface area contributed by atoms with Crippen LogP contribution in [-0.4, -0.2) is 12.3 Å². The van der Waals surface area contributed by atoms with Crippen LogP contribution in [0.25, 0.3) is 0 Å². The van der Waals surface area contributed by atoms with E-state index in [-0.39, 0.29) is 18.1 Å². The topological polar surface area (TPSA) is 38.3 Å². The number of ether oxygens (including phenoxy) is 1. The maximum absolute atomic E-state index is 12.5. The average Bonchev–Trinajstić information content (AvgIpc) is 2.73. The Balaban J connectivity index is 1.98. The zero-order valence-corrected chi connectivity index (χ0v) is 14.4. The second kappa shape index (κ2) is 6.11. The van der Waals surface area contributed by atoms with E-state index in [0.717, 1.165) is 11.6 Å². The summed E-state index contributed by atoms with van der Waals surface area (Å²) in [4.78, 5) is 12.5. The molecular weight excluding hydrogens is 378 g/mol. The standard InChI is InChI=1S/C17H12Cl2F3NO2/c1-16(8-9-2-4-12(18)13(19)6-9)11-7-10(25-17(20,21)22)3-5-14(11)23-15(16)24/h2-7H,8H2,1H3,(H,23,24). The smallest absolute Gasteiger partial charge is 0.406 e. The highest BCUT2D eigenvalue weighted by molar-refractivity contribution is 6.42. The molecule has 1 aliphatic heterocycles. The summed E-state index contributed by atoms with van der Waals surface area (Å²) >= 11 is 11.9. The minimum Gasteiger partial charge on any atom is -0.406 e. The first-order valence-electron chi connectivity index (χ1n) is 7.24. The molecule has 0 fully saturated rings. The Morgan fingerprint density at radius 3 is 2.48 bits per heavy atom. The van der Waals surface area contributed by atoms with Crippen molar-refractivity contribution >= 4 is 34.8 Å². The van der Waals surface area contributed by atoms with E-state index in [2.05, 4.69) is 10.1 Å². The first kappa shape index (κ1) is 17.9. The number of anilines is 1. The van der Waals surface area contributed by atoms with Crippen molar-refractivity contribution in [1.82, 2.24) is 0 Å². The third-order valence-electron chi connectivity index (χ3n) is 4.11. The van der Waals surface area contributed by atoms with Crippen molar-refractivity contribution in [1.29, 1.82) is 0 Å². The Kier molecular flexibility index (Phi) is 4.37. The first-order valence-corrected chi connectivity index (χ1v) is 8.00. The average molecular weight is 390 g/mol. The number of rotatable bonds is 3. The van der Waals surface area contributed by atoms with Crippen molar-refractivity contribution < 1.29 is 22.7 Å². The number of amides is 1. The SMILES string of the molecule is CC1(Cc2ccc(Cl)c(Cl)c2)C(=O)Nc2ccc(OC(F)(F)F)cc21. The van der Waals surface area contributed by atoms with Gasteiger partial charge in [0, 0.05) is 5.69 Å². The van der Waals surface area contributed by atoms with E-state index in [0.29, 0.717) is 21.3 Å². The number of halogens is 5. The van der Waals surface area contributed by atoms with Crippen LogP contribution in [0.4, 0.5) is 18.9 Å². The van der Waals surface area contributed by atoms with Crippen LogP contribution >= 0.6 is 23.2 Å². The molecule has 0 saturated carbocycles. The summed E-state index contributed by atoms with van der Waals surface area (Å²) in [5.74, 6) is -0.680. The Bertz CT molecular complexity index is 854. The predicted molar refractivity (Wildman–Crippen MR) is 89.3 cm³/mol. The lowest BCUT2D eigenvalue weighted by molar-refractivity contribution is -0.274. The van der Waals surface area contributed by atoms with Crippen molar-refractivity contribution in [2.75, 3.05) is 5.32 Å². The van der Waals surface area contributed by atoms with Crippen LogP contribution in [0.2, 0.25) is 10.0 Å². The number of carbonyl (C=O) groups is 1. The fourth-order valence-electron chi connectivity index (χ4n) is 2.90. The van der Waals surface area contributed by atoms with Gasteiger partial charge in [-0.15, -0.1) is 13.2 Å². The number of nitrogens with one attached hydrogen (secondary N) is 1. The number of fused-ring (bicyclic) bond motifs is 1. The van der Waals surface area contributed by atoms with Crippen molar-refractivity contribution in [3.05, 3.63) is 57.6 Å². The number of hydrogen-bond donors (Lipinski definition) is 1. The zero-order chi connectivity index (χ0) is 18.4. The molecule has 1 heterocycles. The zero-order valence-electron chi connectivity index (χ0n) is 12.9. The molecule has 25 heavy (non-hydrogen) atoms. The van der Waals surface area contributed by atoms with E-state index in [1.165, 1.54) is 12.1 Å². The number of benzene rings is 2. The summed E-state index contributed by atoms with van der Waals surface area (Å²) in [6.07, 6.45) is -4.55. The minimum atomic E-state index is -4.80. The molecule has 0 radical (unpaired) electrons. The molecule has 0 aliphatic carbocycles. The highest BCUT2D eigenvalue weighted by atomic mass is 35.5. The lowest BCUT2D eigenvalue weighted by Gasteiger charge is -2.23. The van der Waals surface area contributed by atoms with E-state index in [1.54, 1.807) is 25.1 Å². The monoisotopic (exact) mass is 389 g/mol. The third-order valence-corrected chi connectivity index (χ3v) is 4.85. The van der Waals surface area contributed by atoms with E-state index < -0.39 is 11.8 Å². The van der Waals surface area contributed by atoms with Gasteiger partial charge in [0.25, 0.3) is 0 Å². The van der Waals surface area contributed by atoms with Gasteiger partial charge in [0.1, 0.15) is 5.75 Å². The van der Waals surface area contributed by atoms with Crippen molar-refractivity contribution in [3.63, 3.8) is 0 Å². The number of alkyl halides is 3. The molecule has 132 valence electrons. The molecule has 1 atom stereocenters. The molecule has 1 unspecified atom stereocenters. The minimum absolute atomic E-state index is 0.248. The molecule has 0 aromatic heterocycles. The summed E-state index contributed by atoms with van der Waals surface area (Å²) in [7, 11) is 0. The number of hydrogen-bond acceptors (Lipinski definition) is 2. The van der Waals surface area contributed by atoms with Crippen LogP contribution in [0, 0.1) is 0 Å². The van der Waals surface area contributed by atoms with Crippen LogP contribution in [0.1, 0.15) is 18.1 Å². The first-order chi connectivity index (χ1) is 11.6. The highest BCUT2D eigenvalue weighted by Gasteiger charge is 2.43. The van der Waals surface area contributed by atoms with Gasteiger partial charge in [-0.2, -0.15) is 0 Å². The maximum Gasteiger partial charge on any atom is 0.573 e. The molecule has 0 spiro atoms. The van der Waals surface area contributed by atoms with Gasteiger partial charge in [-0.3, -0.25) is 4.79 Å². The maximum atomic E-state index is 12.5. The molecule has 1 aliphatic rings. The summed E-state index contributed by atoms with van der Waals surface area (Å²) in [5, 5.41) is 3.41. The van der Waals surface area contributed by atoms with E-state index >= 15 is 0 Å². The Morgan fingerprint density at radius 1 is 1.12 bits per heavy atom. The van der Waals surface area contributed by atoms with Gasteiger partial charge >= 0.3 is 6.36 Å². The van der Waals surface area contributed by atoms with Gasteiger partial charge in [-0.05, 0) is 54.8 Å². The normalized spacial score (nSPS) is 19.5. The van der Waals surface area contributed by atoms with Crippen LogP contribution < -0.4 is 10.1 Å². The van der Waals surface area contributed by atoms with Gasteiger partial charge in [-0.25, -0.2) is 0 Å². The lowest BCUT2D eigenvalue weighted by atomic mass is 9.78. The van der Waals surface area contributed by atoms with Gasteiger partial charge in [0.05, 0.1) is 15.5 Å². The molecule has 3 rings (SSSR count). The van der Waals surface area contributed by atoms with Crippen molar-refractivity contribution in [2.24, 2.45) is 0 Å². The molecule has 8 heteroatoms. The fraction of sp³-hybridized carbons (Fsp3) is 0.235. The molecule has 0 saturated heterocycles. The van der Waals surface area contributed by atoms with Crippen LogP contribution in [-0.2, 0) is 16.6 Å². The van der Waals surface area contributed by atoms with E-state index in [1.807, 2.05) is 0 Å². The van der Waals surface area contributed by atoms with Crippen LogP contribution in [0.15, 0.2) is 36.4 Å². The van der Waals surface area contributed by atoms with Crippen LogP contribution in [0.3, 0.4) is 0 Å². The molecule has 2 aromatic carbocycles. The molecule has 1 N–H and O–H groups in total. The second-order valence-corrected chi connectivity index (χ2v) is 6.78. The molecule has 2 aromatic rings. The van der Waals surface area contributed by atoms with Gasteiger partial charge in [0.2, 0.25) is 5.91 Å². The second-order valence-electron chi connectivity index (χ2n) is 5.97. The van der Waals surface area contributed by atoms with E-state index in [4.69, 9.17) is 23.2 Å². The predicted octanol–water partition coefficient (Wildman–Crippen LogP) is 5.34. The highest BCUT2D eigenvalue weighted by Crippen LogP contribution is 2.42. The number of carbonyl (C=O) groups excluding carboxylic acids is 1. The Hall–Kier alpha value is -1.92. The third kappa shape index (κ3) is 3.55. The van der Waals surface area contributed by atoms with E-state index in [9.17, 15) is 18.0 Å². The quantitative estimate of drug-likeness (QED) is 0.768. The Morgan fingerprint density at radius 2 is 1.84 bits per heavy atom. The van der Waals surface area contributed by atoms with Crippen molar-refractivity contribution in [3.8, 4) is 5.75 Å². The molecule has 1 amide bonds. The van der Waals surface area contributed by atoms with Gasteiger partial charge < -0.3 is 10.1 Å². The lowest BCUT2D eigenvalue weighted by Crippen LogP contribution is -2.33. The molecule has 3 nitrogen and oxygen atoms in total. The van der Waals surface area contributed by atoms with Crippen molar-refractivity contribution in [2.45, 2.75) is 25.1 Å². The van der Waals surface area contributed by atoms with Crippen LogP contribution in [0.5, 0.6) is 5.75 Å². The largest absolute Gasteiger partial charge is 0.573 e.